The van der Waals surface area contributed by atoms with Gasteiger partial charge in [0.25, 0.3) is 0 Å². The number of fused-ring (bicyclic) bond motifs is 1. The Morgan fingerprint density at radius 3 is 2.55 bits per heavy atom. The fraction of sp³-hybridized carbons (Fsp3) is 0.174. The number of imidazole rings is 1. The number of hydrogen-bond acceptors (Lipinski definition) is 4. The van der Waals surface area contributed by atoms with Crippen molar-refractivity contribution >= 4 is 57.7 Å². The highest BCUT2D eigenvalue weighted by atomic mass is 35.5. The average Bonchev–Trinajstić information content (AvgIpc) is 3.06. The summed E-state index contributed by atoms with van der Waals surface area (Å²) in [7, 11) is 0. The lowest BCUT2D eigenvalue weighted by molar-refractivity contribution is -0.113. The van der Waals surface area contributed by atoms with Gasteiger partial charge in [-0.05, 0) is 62.2 Å². The highest BCUT2D eigenvalue weighted by Crippen LogP contribution is 2.31. The van der Waals surface area contributed by atoms with E-state index >= 15 is 0 Å². The number of amides is 1. The van der Waals surface area contributed by atoms with Crippen LogP contribution in [0, 0.1) is 20.8 Å². The maximum Gasteiger partial charge on any atom is 0.234 e. The molecular weight excluding hydrogens is 451 g/mol. The van der Waals surface area contributed by atoms with Gasteiger partial charge in [0.2, 0.25) is 5.91 Å². The highest BCUT2D eigenvalue weighted by molar-refractivity contribution is 7.99. The third kappa shape index (κ3) is 4.56. The molecule has 0 saturated carbocycles. The van der Waals surface area contributed by atoms with Crippen LogP contribution in [0.3, 0.4) is 0 Å². The first-order valence-corrected chi connectivity index (χ1v) is 11.4. The minimum Gasteiger partial charge on any atom is -0.324 e. The Kier molecular flexibility index (Phi) is 6.23. The maximum absolute atomic E-state index is 12.6. The molecule has 4 aromatic rings. The molecule has 0 spiro atoms. The summed E-state index contributed by atoms with van der Waals surface area (Å²) in [6, 6.07) is 13.0. The summed E-state index contributed by atoms with van der Waals surface area (Å²) in [5.74, 6) is -0.00943. The van der Waals surface area contributed by atoms with Gasteiger partial charge in [0.15, 0.2) is 10.8 Å². The zero-order valence-electron chi connectivity index (χ0n) is 17.2. The first-order chi connectivity index (χ1) is 14.8. The quantitative estimate of drug-likeness (QED) is 0.343. The predicted octanol–water partition coefficient (Wildman–Crippen LogP) is 6.38. The van der Waals surface area contributed by atoms with Crippen LogP contribution >= 0.6 is 35.0 Å². The molecule has 1 N–H and O–H groups in total. The summed E-state index contributed by atoms with van der Waals surface area (Å²) in [4.78, 5) is 21.9. The molecule has 5 nitrogen and oxygen atoms in total. The second kappa shape index (κ2) is 8.91. The first-order valence-electron chi connectivity index (χ1n) is 9.63. The van der Waals surface area contributed by atoms with Crippen molar-refractivity contribution in [1.82, 2.24) is 14.5 Å². The Bertz CT molecular complexity index is 1280. The number of carbonyl (C=O) groups excluding carboxylic acids is 1. The van der Waals surface area contributed by atoms with Crippen molar-refractivity contribution in [1.29, 1.82) is 0 Å². The predicted molar refractivity (Wildman–Crippen MR) is 129 cm³/mol. The standard InChI is InChI=1S/C23H20Cl2N4OS/c1-13-9-14(2)21(15(3)10-13)29-22-19(5-4-8-26-22)28-23(29)31-12-20(30)27-18-7-6-16(24)11-17(18)25/h4-11H,12H2,1-3H3,(H,27,30). The van der Waals surface area contributed by atoms with Gasteiger partial charge in [-0.1, -0.05) is 52.7 Å². The van der Waals surface area contributed by atoms with Gasteiger partial charge >= 0.3 is 0 Å². The number of aryl methyl sites for hydroxylation is 3. The molecule has 0 atom stereocenters. The van der Waals surface area contributed by atoms with Crippen LogP contribution in [0.25, 0.3) is 16.9 Å². The highest BCUT2D eigenvalue weighted by Gasteiger charge is 2.19. The lowest BCUT2D eigenvalue weighted by Crippen LogP contribution is -2.15. The number of pyridine rings is 1. The van der Waals surface area contributed by atoms with Crippen LogP contribution in [0.15, 0.2) is 53.8 Å². The topological polar surface area (TPSA) is 59.8 Å². The lowest BCUT2D eigenvalue weighted by Gasteiger charge is -2.15. The molecule has 31 heavy (non-hydrogen) atoms. The minimum absolute atomic E-state index is 0.173. The number of anilines is 1. The van der Waals surface area contributed by atoms with E-state index in [-0.39, 0.29) is 11.7 Å². The van der Waals surface area contributed by atoms with Crippen molar-refractivity contribution in [2.75, 3.05) is 11.1 Å². The van der Waals surface area contributed by atoms with E-state index in [1.807, 2.05) is 16.7 Å². The Balaban J connectivity index is 1.66. The molecule has 2 aromatic carbocycles. The van der Waals surface area contributed by atoms with Crippen molar-refractivity contribution in [2.45, 2.75) is 25.9 Å². The van der Waals surface area contributed by atoms with E-state index in [4.69, 9.17) is 28.2 Å². The Morgan fingerprint density at radius 2 is 1.84 bits per heavy atom. The molecule has 0 radical (unpaired) electrons. The van der Waals surface area contributed by atoms with E-state index in [9.17, 15) is 4.79 Å². The molecule has 2 heterocycles. The zero-order valence-corrected chi connectivity index (χ0v) is 19.6. The van der Waals surface area contributed by atoms with E-state index in [0.717, 1.165) is 28.0 Å². The van der Waals surface area contributed by atoms with Gasteiger partial charge in [-0.25, -0.2) is 9.97 Å². The van der Waals surface area contributed by atoms with Crippen molar-refractivity contribution in [3.8, 4) is 5.69 Å². The zero-order chi connectivity index (χ0) is 22.1. The number of thioether (sulfide) groups is 1. The van der Waals surface area contributed by atoms with Gasteiger partial charge < -0.3 is 5.32 Å². The molecule has 0 fully saturated rings. The molecule has 4 rings (SSSR count). The lowest BCUT2D eigenvalue weighted by atomic mass is 10.1. The SMILES string of the molecule is Cc1cc(C)c(-n2c(SCC(=O)Nc3ccc(Cl)cc3Cl)nc3cccnc32)c(C)c1. The van der Waals surface area contributed by atoms with Crippen LogP contribution < -0.4 is 5.32 Å². The van der Waals surface area contributed by atoms with Crippen LogP contribution in [0.2, 0.25) is 10.0 Å². The summed E-state index contributed by atoms with van der Waals surface area (Å²) in [5.41, 5.74) is 6.56. The van der Waals surface area contributed by atoms with Crippen LogP contribution in [0.1, 0.15) is 16.7 Å². The summed E-state index contributed by atoms with van der Waals surface area (Å²) < 4.78 is 2.03. The monoisotopic (exact) mass is 470 g/mol. The van der Waals surface area contributed by atoms with Crippen LogP contribution in [-0.4, -0.2) is 26.2 Å². The smallest absolute Gasteiger partial charge is 0.234 e. The Labute approximate surface area is 194 Å². The Hall–Kier alpha value is -2.54. The number of hydrogen-bond donors (Lipinski definition) is 1. The molecule has 0 aliphatic heterocycles. The van der Waals surface area contributed by atoms with E-state index in [0.29, 0.717) is 20.9 Å². The number of nitrogens with zero attached hydrogens (tertiary/aromatic N) is 3. The Morgan fingerprint density at radius 1 is 1.10 bits per heavy atom. The number of benzene rings is 2. The van der Waals surface area contributed by atoms with Crippen LogP contribution in [0.5, 0.6) is 0 Å². The summed E-state index contributed by atoms with van der Waals surface area (Å²) in [6.07, 6.45) is 1.75. The average molecular weight is 471 g/mol. The fourth-order valence-corrected chi connectivity index (χ4v) is 4.88. The molecule has 0 unspecified atom stereocenters. The third-order valence-electron chi connectivity index (χ3n) is 4.78. The number of carbonyl (C=O) groups is 1. The number of aromatic nitrogens is 3. The molecule has 0 aliphatic rings. The van der Waals surface area contributed by atoms with Gasteiger partial charge in [-0.15, -0.1) is 0 Å². The van der Waals surface area contributed by atoms with Gasteiger partial charge in [0.05, 0.1) is 22.2 Å². The third-order valence-corrected chi connectivity index (χ3v) is 6.27. The van der Waals surface area contributed by atoms with Crippen LogP contribution in [0.4, 0.5) is 5.69 Å². The normalized spacial score (nSPS) is 11.1. The summed E-state index contributed by atoms with van der Waals surface area (Å²) in [6.45, 7) is 6.23. The molecule has 158 valence electrons. The van der Waals surface area contributed by atoms with Gasteiger partial charge in [-0.3, -0.25) is 9.36 Å². The summed E-state index contributed by atoms with van der Waals surface area (Å²) in [5, 5.41) is 4.45. The van der Waals surface area contributed by atoms with E-state index in [2.05, 4.69) is 43.2 Å². The van der Waals surface area contributed by atoms with Gasteiger partial charge in [0, 0.05) is 11.2 Å². The number of rotatable bonds is 5. The van der Waals surface area contributed by atoms with Gasteiger partial charge in [0.1, 0.15) is 5.52 Å². The molecule has 0 aliphatic carbocycles. The fourth-order valence-electron chi connectivity index (χ4n) is 3.62. The largest absolute Gasteiger partial charge is 0.324 e. The maximum atomic E-state index is 12.6. The second-order valence-electron chi connectivity index (χ2n) is 7.28. The van der Waals surface area contributed by atoms with Crippen molar-refractivity contribution in [3.05, 3.63) is 75.4 Å². The summed E-state index contributed by atoms with van der Waals surface area (Å²) >= 11 is 13.4. The molecule has 0 saturated heterocycles. The van der Waals surface area contributed by atoms with Crippen molar-refractivity contribution in [3.63, 3.8) is 0 Å². The van der Waals surface area contributed by atoms with E-state index in [1.54, 1.807) is 24.4 Å². The number of halogens is 2. The first kappa shape index (κ1) is 21.7. The minimum atomic E-state index is -0.182. The van der Waals surface area contributed by atoms with E-state index < -0.39 is 0 Å². The molecular formula is C23H20Cl2N4OS. The van der Waals surface area contributed by atoms with E-state index in [1.165, 1.54) is 17.3 Å². The van der Waals surface area contributed by atoms with Crippen molar-refractivity contribution < 1.29 is 4.79 Å². The second-order valence-corrected chi connectivity index (χ2v) is 9.07. The molecule has 2 aromatic heterocycles. The molecule has 0 bridgehead atoms. The molecule has 1 amide bonds. The number of nitrogens with one attached hydrogen (secondary N) is 1. The molecule has 8 heteroatoms. The van der Waals surface area contributed by atoms with Gasteiger partial charge in [-0.2, -0.15) is 0 Å². The van der Waals surface area contributed by atoms with Crippen molar-refractivity contribution in [2.24, 2.45) is 0 Å². The van der Waals surface area contributed by atoms with Crippen LogP contribution in [-0.2, 0) is 4.79 Å².